The van der Waals surface area contributed by atoms with Gasteiger partial charge in [-0.05, 0) is 36.4 Å². The van der Waals surface area contributed by atoms with Gasteiger partial charge in [-0.2, -0.15) is 0 Å². The summed E-state index contributed by atoms with van der Waals surface area (Å²) < 4.78 is 10.2. The standard InChI is InChI=1S/C18H14O4S2/c1-3-17(19)21-13-7-5-9-15(11-13)23-24-16-10-6-8-14(12-16)22-18(20)4-2/h3-12H,1-2H2. The van der Waals surface area contributed by atoms with Crippen LogP contribution >= 0.6 is 21.6 Å². The zero-order valence-electron chi connectivity index (χ0n) is 12.6. The Labute approximate surface area is 147 Å². The van der Waals surface area contributed by atoms with Crippen LogP contribution in [0.4, 0.5) is 0 Å². The third kappa shape index (κ3) is 5.64. The van der Waals surface area contributed by atoms with E-state index in [4.69, 9.17) is 9.47 Å². The summed E-state index contributed by atoms with van der Waals surface area (Å²) >= 11 is 0. The van der Waals surface area contributed by atoms with Gasteiger partial charge in [-0.1, -0.05) is 46.9 Å². The molecule has 122 valence electrons. The molecule has 0 aliphatic rings. The molecule has 0 aromatic heterocycles. The van der Waals surface area contributed by atoms with Crippen LogP contribution in [0.3, 0.4) is 0 Å². The van der Waals surface area contributed by atoms with E-state index in [-0.39, 0.29) is 0 Å². The van der Waals surface area contributed by atoms with Crippen molar-refractivity contribution in [2.45, 2.75) is 9.79 Å². The third-order valence-corrected chi connectivity index (χ3v) is 5.00. The molecule has 0 aliphatic carbocycles. The van der Waals surface area contributed by atoms with Crippen LogP contribution in [0.5, 0.6) is 11.5 Å². The molecule has 0 aliphatic heterocycles. The summed E-state index contributed by atoms with van der Waals surface area (Å²) in [7, 11) is 2.99. The monoisotopic (exact) mass is 358 g/mol. The highest BCUT2D eigenvalue weighted by molar-refractivity contribution is 8.76. The van der Waals surface area contributed by atoms with Gasteiger partial charge >= 0.3 is 11.9 Å². The molecular formula is C18H14O4S2. The van der Waals surface area contributed by atoms with E-state index in [2.05, 4.69) is 13.2 Å². The van der Waals surface area contributed by atoms with E-state index < -0.39 is 11.9 Å². The van der Waals surface area contributed by atoms with Gasteiger partial charge in [0.2, 0.25) is 0 Å². The van der Waals surface area contributed by atoms with Crippen LogP contribution in [0.25, 0.3) is 0 Å². The van der Waals surface area contributed by atoms with Gasteiger partial charge in [-0.3, -0.25) is 0 Å². The third-order valence-electron chi connectivity index (χ3n) is 2.62. The molecule has 0 unspecified atom stereocenters. The quantitative estimate of drug-likeness (QED) is 0.310. The Balaban J connectivity index is 2.00. The number of hydrogen-bond donors (Lipinski definition) is 0. The highest BCUT2D eigenvalue weighted by Gasteiger charge is 2.05. The average molecular weight is 358 g/mol. The van der Waals surface area contributed by atoms with Gasteiger partial charge in [-0.15, -0.1) is 0 Å². The van der Waals surface area contributed by atoms with E-state index in [1.165, 1.54) is 21.6 Å². The number of rotatable bonds is 7. The van der Waals surface area contributed by atoms with Gasteiger partial charge in [-0.25, -0.2) is 9.59 Å². The van der Waals surface area contributed by atoms with Crippen LogP contribution in [-0.2, 0) is 9.59 Å². The van der Waals surface area contributed by atoms with Crippen molar-refractivity contribution >= 4 is 33.5 Å². The first kappa shape index (κ1) is 17.9. The normalized spacial score (nSPS) is 9.83. The second kappa shape index (κ2) is 9.00. The zero-order chi connectivity index (χ0) is 17.4. The lowest BCUT2D eigenvalue weighted by Crippen LogP contribution is -2.02. The molecule has 6 heteroatoms. The Bertz CT molecular complexity index is 706. The molecule has 0 amide bonds. The lowest BCUT2D eigenvalue weighted by molar-refractivity contribution is -0.129. The molecule has 0 saturated carbocycles. The fraction of sp³-hybridized carbons (Fsp3) is 0. The number of ether oxygens (including phenoxy) is 2. The zero-order valence-corrected chi connectivity index (χ0v) is 14.3. The van der Waals surface area contributed by atoms with Crippen molar-refractivity contribution in [3.63, 3.8) is 0 Å². The van der Waals surface area contributed by atoms with Gasteiger partial charge in [0, 0.05) is 21.9 Å². The second-order valence-electron chi connectivity index (χ2n) is 4.37. The minimum absolute atomic E-state index is 0.458. The predicted molar refractivity (Wildman–Crippen MR) is 96.3 cm³/mol. The largest absolute Gasteiger partial charge is 0.423 e. The average Bonchev–Trinajstić information content (AvgIpc) is 2.60. The highest BCUT2D eigenvalue weighted by atomic mass is 33.1. The van der Waals surface area contributed by atoms with E-state index in [1.54, 1.807) is 36.4 Å². The van der Waals surface area contributed by atoms with Crippen molar-refractivity contribution in [1.82, 2.24) is 0 Å². The summed E-state index contributed by atoms with van der Waals surface area (Å²) in [6.07, 6.45) is 2.23. The molecule has 2 aromatic rings. The Morgan fingerprint density at radius 1 is 0.792 bits per heavy atom. The number of esters is 2. The molecule has 2 aromatic carbocycles. The summed E-state index contributed by atoms with van der Waals surface area (Å²) in [4.78, 5) is 24.3. The van der Waals surface area contributed by atoms with Crippen molar-refractivity contribution < 1.29 is 19.1 Å². The number of carbonyl (C=O) groups excluding carboxylic acids is 2. The van der Waals surface area contributed by atoms with Crippen molar-refractivity contribution in [2.75, 3.05) is 0 Å². The molecular weight excluding hydrogens is 344 g/mol. The molecule has 4 nitrogen and oxygen atoms in total. The molecule has 0 N–H and O–H groups in total. The number of benzene rings is 2. The van der Waals surface area contributed by atoms with Crippen LogP contribution in [0, 0.1) is 0 Å². The van der Waals surface area contributed by atoms with Crippen molar-refractivity contribution in [3.8, 4) is 11.5 Å². The summed E-state index contributed by atoms with van der Waals surface area (Å²) in [6.45, 7) is 6.73. The molecule has 0 heterocycles. The maximum absolute atomic E-state index is 11.2. The van der Waals surface area contributed by atoms with Gasteiger partial charge in [0.15, 0.2) is 0 Å². The smallest absolute Gasteiger partial charge is 0.335 e. The Morgan fingerprint density at radius 2 is 1.21 bits per heavy atom. The summed E-state index contributed by atoms with van der Waals surface area (Å²) in [6, 6.07) is 14.3. The van der Waals surface area contributed by atoms with Gasteiger partial charge < -0.3 is 9.47 Å². The van der Waals surface area contributed by atoms with Crippen LogP contribution in [-0.4, -0.2) is 11.9 Å². The topological polar surface area (TPSA) is 52.6 Å². The van der Waals surface area contributed by atoms with E-state index in [9.17, 15) is 9.59 Å². The van der Waals surface area contributed by atoms with Gasteiger partial charge in [0.05, 0.1) is 0 Å². The van der Waals surface area contributed by atoms with E-state index in [0.717, 1.165) is 21.9 Å². The molecule has 24 heavy (non-hydrogen) atoms. The van der Waals surface area contributed by atoms with Crippen molar-refractivity contribution in [1.29, 1.82) is 0 Å². The molecule has 0 spiro atoms. The molecule has 2 rings (SSSR count). The summed E-state index contributed by atoms with van der Waals surface area (Å²) in [5.74, 6) is -0.0820. The Morgan fingerprint density at radius 3 is 1.58 bits per heavy atom. The van der Waals surface area contributed by atoms with Crippen LogP contribution in [0.15, 0.2) is 83.6 Å². The van der Waals surface area contributed by atoms with Crippen molar-refractivity contribution in [2.24, 2.45) is 0 Å². The lowest BCUT2D eigenvalue weighted by Gasteiger charge is -2.06. The van der Waals surface area contributed by atoms with E-state index in [0.29, 0.717) is 11.5 Å². The van der Waals surface area contributed by atoms with Gasteiger partial charge in [0.25, 0.3) is 0 Å². The maximum atomic E-state index is 11.2. The molecule has 0 radical (unpaired) electrons. The second-order valence-corrected chi connectivity index (χ2v) is 6.64. The van der Waals surface area contributed by atoms with E-state index >= 15 is 0 Å². The molecule has 0 atom stereocenters. The summed E-state index contributed by atoms with van der Waals surface area (Å²) in [5.41, 5.74) is 0. The number of hydrogen-bond acceptors (Lipinski definition) is 6. The van der Waals surface area contributed by atoms with E-state index in [1.807, 2.05) is 12.1 Å². The highest BCUT2D eigenvalue weighted by Crippen LogP contribution is 2.39. The van der Waals surface area contributed by atoms with Crippen molar-refractivity contribution in [3.05, 3.63) is 73.8 Å². The Kier molecular flexibility index (Phi) is 6.72. The molecule has 0 bridgehead atoms. The fourth-order valence-electron chi connectivity index (χ4n) is 1.59. The first-order chi connectivity index (χ1) is 11.6. The fourth-order valence-corrected chi connectivity index (χ4v) is 3.58. The first-order valence-corrected chi connectivity index (χ1v) is 8.99. The molecule has 0 saturated heterocycles. The Hall–Kier alpha value is -2.44. The van der Waals surface area contributed by atoms with Crippen LogP contribution < -0.4 is 9.47 Å². The minimum atomic E-state index is -0.499. The predicted octanol–water partition coefficient (Wildman–Crippen LogP) is 4.67. The molecule has 0 fully saturated rings. The SMILES string of the molecule is C=CC(=O)Oc1cccc(SSc2cccc(OC(=O)C=C)c2)c1. The number of carbonyl (C=O) groups is 2. The summed E-state index contributed by atoms with van der Waals surface area (Å²) in [5, 5.41) is 0. The lowest BCUT2D eigenvalue weighted by atomic mass is 10.3. The minimum Gasteiger partial charge on any atom is -0.423 e. The van der Waals surface area contributed by atoms with Crippen LogP contribution in [0.2, 0.25) is 0 Å². The maximum Gasteiger partial charge on any atom is 0.335 e. The van der Waals surface area contributed by atoms with Crippen LogP contribution in [0.1, 0.15) is 0 Å². The van der Waals surface area contributed by atoms with Gasteiger partial charge in [0.1, 0.15) is 11.5 Å². The first-order valence-electron chi connectivity index (χ1n) is 6.84.